The van der Waals surface area contributed by atoms with Gasteiger partial charge in [0.2, 0.25) is 0 Å². The predicted molar refractivity (Wildman–Crippen MR) is 82.0 cm³/mol. The maximum atomic E-state index is 12.8. The maximum absolute atomic E-state index is 12.8. The third kappa shape index (κ3) is 3.82. The average Bonchev–Trinajstić information content (AvgIpc) is 2.52. The molecule has 7 heteroatoms. The van der Waals surface area contributed by atoms with Gasteiger partial charge in [-0.1, -0.05) is 0 Å². The van der Waals surface area contributed by atoms with E-state index in [1.165, 1.54) is 19.2 Å². The molecule has 0 aliphatic carbocycles. The lowest BCUT2D eigenvalue weighted by atomic mass is 10.2. The van der Waals surface area contributed by atoms with E-state index in [1.54, 1.807) is 18.2 Å². The van der Waals surface area contributed by atoms with Crippen LogP contribution in [0.3, 0.4) is 0 Å². The summed E-state index contributed by atoms with van der Waals surface area (Å²) >= 11 is 3.27. The zero-order valence-electron chi connectivity index (χ0n) is 11.5. The van der Waals surface area contributed by atoms with Crippen LogP contribution < -0.4 is 15.6 Å². The zero-order chi connectivity index (χ0) is 16.1. The largest absolute Gasteiger partial charge is 0.496 e. The van der Waals surface area contributed by atoms with E-state index in [0.29, 0.717) is 15.8 Å². The average molecular weight is 367 g/mol. The molecule has 2 rings (SSSR count). The summed E-state index contributed by atoms with van der Waals surface area (Å²) in [6, 6.07) is 9.72. The molecule has 2 amide bonds. The number of ether oxygens (including phenoxy) is 1. The first-order valence-electron chi connectivity index (χ1n) is 6.21. The topological polar surface area (TPSA) is 67.4 Å². The lowest BCUT2D eigenvalue weighted by Crippen LogP contribution is -2.41. The summed E-state index contributed by atoms with van der Waals surface area (Å²) in [5.41, 5.74) is 5.11. The first kappa shape index (κ1) is 16.0. The SMILES string of the molecule is COc1ccc(C(=O)NNC(=O)c2ccc(F)cc2)cc1Br. The first-order chi connectivity index (χ1) is 10.5. The number of carbonyl (C=O) groups excluding carboxylic acids is 2. The van der Waals surface area contributed by atoms with Crippen LogP contribution >= 0.6 is 15.9 Å². The van der Waals surface area contributed by atoms with Crippen molar-refractivity contribution in [3.05, 3.63) is 63.9 Å². The van der Waals surface area contributed by atoms with Gasteiger partial charge in [0.05, 0.1) is 11.6 Å². The fraction of sp³-hybridized carbons (Fsp3) is 0.0667. The van der Waals surface area contributed by atoms with Gasteiger partial charge in [0, 0.05) is 11.1 Å². The predicted octanol–water partition coefficient (Wildman–Crippen LogP) is 2.67. The molecule has 0 aliphatic rings. The van der Waals surface area contributed by atoms with Crippen molar-refractivity contribution in [2.24, 2.45) is 0 Å². The van der Waals surface area contributed by atoms with Crippen LogP contribution in [0.4, 0.5) is 4.39 Å². The van der Waals surface area contributed by atoms with Crippen LogP contribution in [-0.2, 0) is 0 Å². The van der Waals surface area contributed by atoms with Crippen molar-refractivity contribution in [1.82, 2.24) is 10.9 Å². The van der Waals surface area contributed by atoms with E-state index in [0.717, 1.165) is 12.1 Å². The van der Waals surface area contributed by atoms with Crippen LogP contribution in [0, 0.1) is 5.82 Å². The molecule has 2 N–H and O–H groups in total. The van der Waals surface area contributed by atoms with Gasteiger partial charge in [0.25, 0.3) is 11.8 Å². The quantitative estimate of drug-likeness (QED) is 0.820. The van der Waals surface area contributed by atoms with Crippen molar-refractivity contribution in [1.29, 1.82) is 0 Å². The van der Waals surface area contributed by atoms with E-state index in [9.17, 15) is 14.0 Å². The van der Waals surface area contributed by atoms with Crippen LogP contribution in [-0.4, -0.2) is 18.9 Å². The molecular formula is C15H12BrFN2O3. The van der Waals surface area contributed by atoms with Crippen LogP contribution in [0.5, 0.6) is 5.75 Å². The van der Waals surface area contributed by atoms with E-state index in [-0.39, 0.29) is 5.56 Å². The van der Waals surface area contributed by atoms with Gasteiger partial charge in [-0.15, -0.1) is 0 Å². The molecule has 0 radical (unpaired) electrons. The van der Waals surface area contributed by atoms with Gasteiger partial charge in [0.15, 0.2) is 0 Å². The number of nitrogens with one attached hydrogen (secondary N) is 2. The normalized spacial score (nSPS) is 9.95. The van der Waals surface area contributed by atoms with E-state index in [4.69, 9.17) is 4.74 Å². The van der Waals surface area contributed by atoms with E-state index in [2.05, 4.69) is 26.8 Å². The number of halogens is 2. The molecule has 114 valence electrons. The highest BCUT2D eigenvalue weighted by atomic mass is 79.9. The molecule has 0 spiro atoms. The van der Waals surface area contributed by atoms with Gasteiger partial charge in [-0.3, -0.25) is 20.4 Å². The summed E-state index contributed by atoms with van der Waals surface area (Å²) in [5, 5.41) is 0. The fourth-order valence-corrected chi connectivity index (χ4v) is 2.21. The minimum atomic E-state index is -0.541. The van der Waals surface area contributed by atoms with Crippen LogP contribution in [0.15, 0.2) is 46.9 Å². The number of carbonyl (C=O) groups is 2. The minimum absolute atomic E-state index is 0.234. The number of hydrazine groups is 1. The monoisotopic (exact) mass is 366 g/mol. The smallest absolute Gasteiger partial charge is 0.269 e. The van der Waals surface area contributed by atoms with Crippen molar-refractivity contribution in [3.63, 3.8) is 0 Å². The second-order valence-corrected chi connectivity index (χ2v) is 5.12. The molecule has 0 atom stereocenters. The third-order valence-electron chi connectivity index (χ3n) is 2.81. The van der Waals surface area contributed by atoms with Gasteiger partial charge in [-0.25, -0.2) is 4.39 Å². The molecule has 2 aromatic rings. The van der Waals surface area contributed by atoms with Gasteiger partial charge >= 0.3 is 0 Å². The number of benzene rings is 2. The Kier molecular flexibility index (Phi) is 5.11. The maximum Gasteiger partial charge on any atom is 0.269 e. The highest BCUT2D eigenvalue weighted by molar-refractivity contribution is 9.10. The second-order valence-electron chi connectivity index (χ2n) is 4.26. The number of hydrogen-bond acceptors (Lipinski definition) is 3. The molecule has 0 bridgehead atoms. The van der Waals surface area contributed by atoms with Crippen molar-refractivity contribution < 1.29 is 18.7 Å². The lowest BCUT2D eigenvalue weighted by Gasteiger charge is -2.09. The Hall–Kier alpha value is -2.41. The second kappa shape index (κ2) is 7.04. The Bertz CT molecular complexity index is 704. The Morgan fingerprint density at radius 2 is 1.55 bits per heavy atom. The summed E-state index contributed by atoms with van der Waals surface area (Å²) in [6.45, 7) is 0. The summed E-state index contributed by atoms with van der Waals surface area (Å²) in [7, 11) is 1.52. The summed E-state index contributed by atoms with van der Waals surface area (Å²) in [4.78, 5) is 23.7. The number of amides is 2. The molecule has 2 aromatic carbocycles. The molecule has 0 aliphatic heterocycles. The van der Waals surface area contributed by atoms with Gasteiger partial charge in [-0.2, -0.15) is 0 Å². The molecule has 5 nitrogen and oxygen atoms in total. The lowest BCUT2D eigenvalue weighted by molar-refractivity contribution is 0.0846. The fourth-order valence-electron chi connectivity index (χ4n) is 1.67. The molecule has 0 unspecified atom stereocenters. The van der Waals surface area contributed by atoms with Gasteiger partial charge in [-0.05, 0) is 58.4 Å². The molecule has 0 saturated carbocycles. The highest BCUT2D eigenvalue weighted by Crippen LogP contribution is 2.25. The molecule has 0 heterocycles. The Morgan fingerprint density at radius 3 is 2.09 bits per heavy atom. The Balaban J connectivity index is 1.99. The number of hydrogen-bond donors (Lipinski definition) is 2. The molecule has 0 aromatic heterocycles. The summed E-state index contributed by atoms with van der Waals surface area (Å²) in [6.07, 6.45) is 0. The van der Waals surface area contributed by atoms with Gasteiger partial charge in [0.1, 0.15) is 11.6 Å². The molecule has 0 fully saturated rings. The van der Waals surface area contributed by atoms with Crippen molar-refractivity contribution in [2.75, 3.05) is 7.11 Å². The van der Waals surface area contributed by atoms with Crippen molar-refractivity contribution >= 4 is 27.7 Å². The first-order valence-corrected chi connectivity index (χ1v) is 7.00. The summed E-state index contributed by atoms with van der Waals surface area (Å²) < 4.78 is 18.5. The third-order valence-corrected chi connectivity index (χ3v) is 3.43. The number of methoxy groups -OCH3 is 1. The molecule has 22 heavy (non-hydrogen) atoms. The van der Waals surface area contributed by atoms with Crippen LogP contribution in [0.2, 0.25) is 0 Å². The highest BCUT2D eigenvalue weighted by Gasteiger charge is 2.11. The Morgan fingerprint density at radius 1 is 1.00 bits per heavy atom. The van der Waals surface area contributed by atoms with Crippen LogP contribution in [0.25, 0.3) is 0 Å². The Labute approximate surface area is 134 Å². The molecular weight excluding hydrogens is 355 g/mol. The van der Waals surface area contributed by atoms with Crippen molar-refractivity contribution in [2.45, 2.75) is 0 Å². The standard InChI is InChI=1S/C15H12BrFN2O3/c1-22-13-7-4-10(8-12(13)16)15(21)19-18-14(20)9-2-5-11(17)6-3-9/h2-8H,1H3,(H,18,20)(H,19,21). The van der Waals surface area contributed by atoms with Crippen LogP contribution in [0.1, 0.15) is 20.7 Å². The van der Waals surface area contributed by atoms with E-state index < -0.39 is 17.6 Å². The van der Waals surface area contributed by atoms with E-state index >= 15 is 0 Å². The zero-order valence-corrected chi connectivity index (χ0v) is 13.1. The van der Waals surface area contributed by atoms with Gasteiger partial charge < -0.3 is 4.74 Å². The number of rotatable bonds is 3. The van der Waals surface area contributed by atoms with E-state index in [1.807, 2.05) is 0 Å². The minimum Gasteiger partial charge on any atom is -0.496 e. The summed E-state index contributed by atoms with van der Waals surface area (Å²) in [5.74, 6) is -0.879. The van der Waals surface area contributed by atoms with Crippen molar-refractivity contribution in [3.8, 4) is 5.75 Å². The molecule has 0 saturated heterocycles.